The van der Waals surface area contributed by atoms with Gasteiger partial charge in [0.15, 0.2) is 0 Å². The molecule has 3 nitrogen and oxygen atoms in total. The third kappa shape index (κ3) is 2.87. The number of nitrogens with zero attached hydrogens (tertiary/aromatic N) is 1. The molecule has 1 heterocycles. The molecule has 0 radical (unpaired) electrons. The molecule has 1 saturated carbocycles. The van der Waals surface area contributed by atoms with E-state index >= 15 is 0 Å². The SMILES string of the molecule is CCOC1(c2nc(COC)cs2)CCCCC1. The highest BCUT2D eigenvalue weighted by molar-refractivity contribution is 7.09. The lowest BCUT2D eigenvalue weighted by atomic mass is 9.85. The highest BCUT2D eigenvalue weighted by atomic mass is 32.1. The summed E-state index contributed by atoms with van der Waals surface area (Å²) >= 11 is 1.72. The average molecular weight is 255 g/mol. The average Bonchev–Trinajstić information content (AvgIpc) is 2.80. The van der Waals surface area contributed by atoms with Crippen LogP contribution in [0.4, 0.5) is 0 Å². The van der Waals surface area contributed by atoms with E-state index in [1.165, 1.54) is 19.3 Å². The minimum Gasteiger partial charge on any atom is -0.378 e. The molecule has 1 aromatic rings. The third-order valence-corrected chi connectivity index (χ3v) is 4.39. The number of rotatable bonds is 5. The largest absolute Gasteiger partial charge is 0.378 e. The van der Waals surface area contributed by atoms with Gasteiger partial charge in [0.05, 0.1) is 12.3 Å². The number of methoxy groups -OCH3 is 1. The predicted molar refractivity (Wildman–Crippen MR) is 69.2 cm³/mol. The van der Waals surface area contributed by atoms with Gasteiger partial charge in [0.25, 0.3) is 0 Å². The van der Waals surface area contributed by atoms with Gasteiger partial charge < -0.3 is 9.47 Å². The zero-order valence-corrected chi connectivity index (χ0v) is 11.5. The Morgan fingerprint density at radius 3 is 2.76 bits per heavy atom. The van der Waals surface area contributed by atoms with Crippen LogP contribution >= 0.6 is 11.3 Å². The highest BCUT2D eigenvalue weighted by Crippen LogP contribution is 2.41. The molecule has 4 heteroatoms. The molecule has 1 aromatic heterocycles. The maximum Gasteiger partial charge on any atom is 0.125 e. The van der Waals surface area contributed by atoms with Crippen LogP contribution in [0.15, 0.2) is 5.38 Å². The van der Waals surface area contributed by atoms with Crippen molar-refractivity contribution in [2.45, 2.75) is 51.2 Å². The van der Waals surface area contributed by atoms with Gasteiger partial charge >= 0.3 is 0 Å². The first kappa shape index (κ1) is 13.0. The van der Waals surface area contributed by atoms with Crippen LogP contribution in [0.25, 0.3) is 0 Å². The number of hydrogen-bond acceptors (Lipinski definition) is 4. The van der Waals surface area contributed by atoms with Gasteiger partial charge in [-0.05, 0) is 19.8 Å². The van der Waals surface area contributed by atoms with Crippen LogP contribution < -0.4 is 0 Å². The van der Waals surface area contributed by atoms with E-state index in [4.69, 9.17) is 9.47 Å². The summed E-state index contributed by atoms with van der Waals surface area (Å²) in [6.45, 7) is 3.43. The van der Waals surface area contributed by atoms with Crippen LogP contribution in [0.3, 0.4) is 0 Å². The van der Waals surface area contributed by atoms with E-state index < -0.39 is 0 Å². The summed E-state index contributed by atoms with van der Waals surface area (Å²) < 4.78 is 11.2. The minimum absolute atomic E-state index is 0.107. The van der Waals surface area contributed by atoms with E-state index in [2.05, 4.69) is 17.3 Å². The summed E-state index contributed by atoms with van der Waals surface area (Å²) in [7, 11) is 1.71. The summed E-state index contributed by atoms with van der Waals surface area (Å²) in [5, 5.41) is 3.24. The maximum atomic E-state index is 6.06. The Morgan fingerprint density at radius 2 is 2.12 bits per heavy atom. The van der Waals surface area contributed by atoms with Crippen molar-refractivity contribution in [2.75, 3.05) is 13.7 Å². The Labute approximate surface area is 107 Å². The minimum atomic E-state index is -0.107. The van der Waals surface area contributed by atoms with Gasteiger partial charge in [0.1, 0.15) is 10.6 Å². The first-order chi connectivity index (χ1) is 8.30. The van der Waals surface area contributed by atoms with Crippen molar-refractivity contribution >= 4 is 11.3 Å². The monoisotopic (exact) mass is 255 g/mol. The van der Waals surface area contributed by atoms with Gasteiger partial charge in [-0.1, -0.05) is 19.3 Å². The Bertz CT molecular complexity index is 339. The van der Waals surface area contributed by atoms with Gasteiger partial charge in [-0.2, -0.15) is 0 Å². The third-order valence-electron chi connectivity index (χ3n) is 3.32. The number of ether oxygens (including phenoxy) is 2. The molecule has 0 spiro atoms. The molecule has 1 aliphatic carbocycles. The molecule has 0 aliphatic heterocycles. The fraction of sp³-hybridized carbons (Fsp3) is 0.769. The van der Waals surface area contributed by atoms with Crippen molar-refractivity contribution in [2.24, 2.45) is 0 Å². The molecule has 17 heavy (non-hydrogen) atoms. The molecule has 0 unspecified atom stereocenters. The highest BCUT2D eigenvalue weighted by Gasteiger charge is 2.37. The van der Waals surface area contributed by atoms with Gasteiger partial charge in [0, 0.05) is 19.1 Å². The molecule has 1 fully saturated rings. The molecule has 0 atom stereocenters. The van der Waals surface area contributed by atoms with Crippen LogP contribution in [0.1, 0.15) is 49.7 Å². The van der Waals surface area contributed by atoms with E-state index in [0.717, 1.165) is 30.2 Å². The van der Waals surface area contributed by atoms with E-state index in [0.29, 0.717) is 6.61 Å². The van der Waals surface area contributed by atoms with Gasteiger partial charge in [-0.25, -0.2) is 4.98 Å². The maximum absolute atomic E-state index is 6.06. The molecule has 0 N–H and O–H groups in total. The lowest BCUT2D eigenvalue weighted by Gasteiger charge is -2.35. The Kier molecular flexibility index (Phi) is 4.54. The number of thiazole rings is 1. The van der Waals surface area contributed by atoms with Crippen molar-refractivity contribution in [1.29, 1.82) is 0 Å². The smallest absolute Gasteiger partial charge is 0.125 e. The molecule has 0 amide bonds. The topological polar surface area (TPSA) is 31.4 Å². The van der Waals surface area contributed by atoms with Crippen molar-refractivity contribution in [3.8, 4) is 0 Å². The molecule has 0 bridgehead atoms. The molecule has 2 rings (SSSR count). The van der Waals surface area contributed by atoms with Gasteiger partial charge in [-0.15, -0.1) is 11.3 Å². The van der Waals surface area contributed by atoms with Crippen molar-refractivity contribution in [3.63, 3.8) is 0 Å². The van der Waals surface area contributed by atoms with E-state index in [9.17, 15) is 0 Å². The molecule has 0 saturated heterocycles. The van der Waals surface area contributed by atoms with Crippen LogP contribution in [0.2, 0.25) is 0 Å². The first-order valence-electron chi connectivity index (χ1n) is 6.38. The van der Waals surface area contributed by atoms with Crippen LogP contribution in [-0.4, -0.2) is 18.7 Å². The lowest BCUT2D eigenvalue weighted by Crippen LogP contribution is -2.32. The van der Waals surface area contributed by atoms with Crippen molar-refractivity contribution in [1.82, 2.24) is 4.98 Å². The molecule has 96 valence electrons. The van der Waals surface area contributed by atoms with Gasteiger partial charge in [-0.3, -0.25) is 0 Å². The summed E-state index contributed by atoms with van der Waals surface area (Å²) in [6, 6.07) is 0. The standard InChI is InChI=1S/C13H21NO2S/c1-3-16-13(7-5-4-6-8-13)12-14-11(9-15-2)10-17-12/h10H,3-9H2,1-2H3. The number of hydrogen-bond donors (Lipinski definition) is 0. The first-order valence-corrected chi connectivity index (χ1v) is 7.26. The zero-order chi connectivity index (χ0) is 12.1. The second-order valence-electron chi connectivity index (χ2n) is 4.56. The second kappa shape index (κ2) is 5.94. The second-order valence-corrected chi connectivity index (χ2v) is 5.42. The van der Waals surface area contributed by atoms with E-state index in [-0.39, 0.29) is 5.60 Å². The van der Waals surface area contributed by atoms with Crippen LogP contribution in [0, 0.1) is 0 Å². The van der Waals surface area contributed by atoms with E-state index in [1.807, 2.05) is 0 Å². The summed E-state index contributed by atoms with van der Waals surface area (Å²) in [4.78, 5) is 4.68. The van der Waals surface area contributed by atoms with Crippen molar-refractivity contribution < 1.29 is 9.47 Å². The fourth-order valence-electron chi connectivity index (χ4n) is 2.55. The molecular formula is C13H21NO2S. The molecular weight excluding hydrogens is 234 g/mol. The normalized spacial score (nSPS) is 19.4. The lowest BCUT2D eigenvalue weighted by molar-refractivity contribution is -0.0706. The summed E-state index contributed by atoms with van der Waals surface area (Å²) in [5.74, 6) is 0. The van der Waals surface area contributed by atoms with E-state index in [1.54, 1.807) is 18.4 Å². The predicted octanol–water partition coefficient (Wildman–Crippen LogP) is 3.49. The van der Waals surface area contributed by atoms with Crippen LogP contribution in [0.5, 0.6) is 0 Å². The van der Waals surface area contributed by atoms with Crippen LogP contribution in [-0.2, 0) is 21.7 Å². The Morgan fingerprint density at radius 1 is 1.35 bits per heavy atom. The molecule has 1 aliphatic rings. The quantitative estimate of drug-likeness (QED) is 0.807. The molecule has 0 aromatic carbocycles. The number of aromatic nitrogens is 1. The zero-order valence-electron chi connectivity index (χ0n) is 10.7. The fourth-order valence-corrected chi connectivity index (χ4v) is 3.57. The Hall–Kier alpha value is -0.450. The Balaban J connectivity index is 2.18. The van der Waals surface area contributed by atoms with Crippen molar-refractivity contribution in [3.05, 3.63) is 16.1 Å². The summed E-state index contributed by atoms with van der Waals surface area (Å²) in [5.41, 5.74) is 0.918. The summed E-state index contributed by atoms with van der Waals surface area (Å²) in [6.07, 6.45) is 6.05. The van der Waals surface area contributed by atoms with Gasteiger partial charge in [0.2, 0.25) is 0 Å².